The van der Waals surface area contributed by atoms with Gasteiger partial charge in [0.05, 0.1) is 16.1 Å². The maximum absolute atomic E-state index is 13.3. The predicted octanol–water partition coefficient (Wildman–Crippen LogP) is 2.20. The fourth-order valence-electron chi connectivity index (χ4n) is 2.44. The average molecular weight is 286 g/mol. The van der Waals surface area contributed by atoms with Crippen molar-refractivity contribution in [3.63, 3.8) is 0 Å². The molecule has 1 aliphatic rings. The summed E-state index contributed by atoms with van der Waals surface area (Å²) in [5.41, 5.74) is -0.650. The van der Waals surface area contributed by atoms with Crippen LogP contribution in [-0.4, -0.2) is 25.2 Å². The van der Waals surface area contributed by atoms with Crippen LogP contribution in [0.3, 0.4) is 0 Å². The number of aliphatic carboxylic acids is 1. The van der Waals surface area contributed by atoms with Crippen molar-refractivity contribution in [2.45, 2.75) is 31.1 Å². The fourth-order valence-corrected chi connectivity index (χ4v) is 4.30. The van der Waals surface area contributed by atoms with E-state index in [2.05, 4.69) is 0 Å². The topological polar surface area (TPSA) is 71.4 Å². The molecule has 6 heteroatoms. The molecule has 1 heterocycles. The van der Waals surface area contributed by atoms with Crippen LogP contribution in [0.15, 0.2) is 23.1 Å². The summed E-state index contributed by atoms with van der Waals surface area (Å²) in [6.45, 7) is 3.08. The van der Waals surface area contributed by atoms with Gasteiger partial charge in [-0.2, -0.15) is 0 Å². The third kappa shape index (κ3) is 2.49. The van der Waals surface area contributed by atoms with Gasteiger partial charge in [0.1, 0.15) is 5.82 Å². The van der Waals surface area contributed by atoms with Crippen LogP contribution in [-0.2, 0) is 14.6 Å². The second-order valence-corrected chi connectivity index (χ2v) is 7.56. The number of sulfone groups is 1. The zero-order valence-electron chi connectivity index (χ0n) is 10.7. The summed E-state index contributed by atoms with van der Waals surface area (Å²) in [5, 5.41) is 9.11. The first-order chi connectivity index (χ1) is 8.63. The molecule has 0 radical (unpaired) electrons. The van der Waals surface area contributed by atoms with Crippen molar-refractivity contribution in [3.8, 4) is 0 Å². The molecule has 104 valence electrons. The van der Waals surface area contributed by atoms with Crippen molar-refractivity contribution in [2.75, 3.05) is 5.75 Å². The maximum atomic E-state index is 13.3. The van der Waals surface area contributed by atoms with Gasteiger partial charge >= 0.3 is 5.97 Å². The smallest absolute Gasteiger partial charge is 0.309 e. The molecule has 0 amide bonds. The molecule has 2 rings (SSSR count). The fraction of sp³-hybridized carbons (Fsp3) is 0.462. The van der Waals surface area contributed by atoms with Gasteiger partial charge < -0.3 is 5.11 Å². The summed E-state index contributed by atoms with van der Waals surface area (Å²) in [6, 6.07) is 3.57. The van der Waals surface area contributed by atoms with Crippen LogP contribution in [0.2, 0.25) is 0 Å². The third-order valence-corrected chi connectivity index (χ3v) is 5.39. The summed E-state index contributed by atoms with van der Waals surface area (Å²) < 4.78 is 37.2. The van der Waals surface area contributed by atoms with Crippen LogP contribution in [0.5, 0.6) is 0 Å². The lowest BCUT2D eigenvalue weighted by Crippen LogP contribution is -2.26. The zero-order valence-corrected chi connectivity index (χ0v) is 11.5. The molecule has 0 spiro atoms. The van der Waals surface area contributed by atoms with Crippen molar-refractivity contribution in [1.82, 2.24) is 0 Å². The minimum absolute atomic E-state index is 0.125. The SMILES string of the molecule is CC(C)(CC1CS(=O)(=O)c2ccc(F)cc21)C(=O)O. The molecular formula is C13H15FO4S. The summed E-state index contributed by atoms with van der Waals surface area (Å²) >= 11 is 0. The summed E-state index contributed by atoms with van der Waals surface area (Å²) in [7, 11) is -3.43. The van der Waals surface area contributed by atoms with Crippen molar-refractivity contribution >= 4 is 15.8 Å². The molecule has 4 nitrogen and oxygen atoms in total. The van der Waals surface area contributed by atoms with Gasteiger partial charge in [-0.3, -0.25) is 4.79 Å². The maximum Gasteiger partial charge on any atom is 0.309 e. The standard InChI is InChI=1S/C13H15FO4S/c1-13(2,12(15)16)6-8-7-19(17,18)11-4-3-9(14)5-10(8)11/h3-5,8H,6-7H2,1-2H3,(H,15,16). The van der Waals surface area contributed by atoms with Gasteiger partial charge in [-0.05, 0) is 44.0 Å². The first-order valence-electron chi connectivity index (χ1n) is 5.89. The Balaban J connectivity index is 2.43. The monoisotopic (exact) mass is 286 g/mol. The van der Waals surface area contributed by atoms with Crippen LogP contribution in [0.1, 0.15) is 31.7 Å². The Morgan fingerprint density at radius 2 is 2.11 bits per heavy atom. The number of halogens is 1. The Morgan fingerprint density at radius 3 is 2.68 bits per heavy atom. The summed E-state index contributed by atoms with van der Waals surface area (Å²) in [4.78, 5) is 11.3. The summed E-state index contributed by atoms with van der Waals surface area (Å²) in [5.74, 6) is -2.12. The molecule has 0 fully saturated rings. The molecule has 0 aromatic heterocycles. The van der Waals surface area contributed by atoms with E-state index in [-0.39, 0.29) is 17.1 Å². The highest BCUT2D eigenvalue weighted by molar-refractivity contribution is 7.91. The quantitative estimate of drug-likeness (QED) is 0.865. The zero-order chi connectivity index (χ0) is 14.4. The Labute approximate surface area is 111 Å². The van der Waals surface area contributed by atoms with E-state index in [1.54, 1.807) is 13.8 Å². The number of benzene rings is 1. The molecule has 1 N–H and O–H groups in total. The highest BCUT2D eigenvalue weighted by Gasteiger charge is 2.40. The number of rotatable bonds is 3. The van der Waals surface area contributed by atoms with Gasteiger partial charge in [-0.15, -0.1) is 0 Å². The van der Waals surface area contributed by atoms with Gasteiger partial charge in [0, 0.05) is 5.92 Å². The lowest BCUT2D eigenvalue weighted by molar-refractivity contribution is -0.147. The van der Waals surface area contributed by atoms with E-state index in [4.69, 9.17) is 5.11 Å². The van der Waals surface area contributed by atoms with E-state index in [9.17, 15) is 17.6 Å². The molecule has 19 heavy (non-hydrogen) atoms. The Morgan fingerprint density at radius 1 is 1.47 bits per heavy atom. The normalized spacial score (nSPS) is 21.1. The predicted molar refractivity (Wildman–Crippen MR) is 67.2 cm³/mol. The van der Waals surface area contributed by atoms with Crippen LogP contribution >= 0.6 is 0 Å². The molecule has 0 aliphatic carbocycles. The van der Waals surface area contributed by atoms with Crippen molar-refractivity contribution in [2.24, 2.45) is 5.41 Å². The van der Waals surface area contributed by atoms with Crippen LogP contribution in [0, 0.1) is 11.2 Å². The van der Waals surface area contributed by atoms with Crippen molar-refractivity contribution < 1.29 is 22.7 Å². The molecular weight excluding hydrogens is 271 g/mol. The van der Waals surface area contributed by atoms with Crippen LogP contribution in [0.4, 0.5) is 4.39 Å². The van der Waals surface area contributed by atoms with E-state index in [1.165, 1.54) is 12.1 Å². The molecule has 1 atom stereocenters. The van der Waals surface area contributed by atoms with Gasteiger partial charge in [0.2, 0.25) is 0 Å². The molecule has 0 saturated heterocycles. The lowest BCUT2D eigenvalue weighted by atomic mass is 9.81. The third-order valence-electron chi connectivity index (χ3n) is 3.50. The largest absolute Gasteiger partial charge is 0.481 e. The number of hydrogen-bond donors (Lipinski definition) is 1. The second-order valence-electron chi connectivity index (χ2n) is 5.55. The Kier molecular flexibility index (Phi) is 3.16. The van der Waals surface area contributed by atoms with Gasteiger partial charge in [0.25, 0.3) is 0 Å². The van der Waals surface area contributed by atoms with E-state index in [0.717, 1.165) is 6.07 Å². The number of carbonyl (C=O) groups is 1. The molecule has 1 aliphatic heterocycles. The van der Waals surface area contributed by atoms with Gasteiger partial charge in [-0.25, -0.2) is 12.8 Å². The lowest BCUT2D eigenvalue weighted by Gasteiger charge is -2.23. The van der Waals surface area contributed by atoms with Crippen LogP contribution in [0.25, 0.3) is 0 Å². The Hall–Kier alpha value is -1.43. The number of hydrogen-bond acceptors (Lipinski definition) is 3. The minimum atomic E-state index is -3.43. The van der Waals surface area contributed by atoms with E-state index in [0.29, 0.717) is 5.56 Å². The van der Waals surface area contributed by atoms with E-state index in [1.807, 2.05) is 0 Å². The number of fused-ring (bicyclic) bond motifs is 1. The minimum Gasteiger partial charge on any atom is -0.481 e. The highest BCUT2D eigenvalue weighted by Crippen LogP contribution is 2.41. The van der Waals surface area contributed by atoms with Crippen molar-refractivity contribution in [1.29, 1.82) is 0 Å². The average Bonchev–Trinajstić information content (AvgIpc) is 2.49. The molecule has 1 unspecified atom stereocenters. The van der Waals surface area contributed by atoms with E-state index < -0.39 is 33.0 Å². The van der Waals surface area contributed by atoms with Crippen molar-refractivity contribution in [3.05, 3.63) is 29.6 Å². The molecule has 0 bridgehead atoms. The Bertz CT molecular complexity index is 634. The van der Waals surface area contributed by atoms with Crippen LogP contribution < -0.4 is 0 Å². The first-order valence-corrected chi connectivity index (χ1v) is 7.54. The molecule has 1 aromatic rings. The van der Waals surface area contributed by atoms with Gasteiger partial charge in [0.15, 0.2) is 9.84 Å². The second kappa shape index (κ2) is 4.30. The molecule has 0 saturated carbocycles. The molecule has 1 aromatic carbocycles. The van der Waals surface area contributed by atoms with E-state index >= 15 is 0 Å². The number of carboxylic acids is 1. The number of carboxylic acid groups (broad SMARTS) is 1. The van der Waals surface area contributed by atoms with Gasteiger partial charge in [-0.1, -0.05) is 0 Å². The highest BCUT2D eigenvalue weighted by atomic mass is 32.2. The first kappa shape index (κ1) is 14.0. The summed E-state index contributed by atoms with van der Waals surface area (Å²) in [6.07, 6.45) is 0.165.